The van der Waals surface area contributed by atoms with E-state index in [1.807, 2.05) is 32.9 Å². The number of nitro benzene ring substituents is 1. The number of aryl methyl sites for hydroxylation is 2. The minimum atomic E-state index is -0.534. The molecule has 2 aromatic carbocycles. The first kappa shape index (κ1) is 20.0. The van der Waals surface area contributed by atoms with E-state index in [1.54, 1.807) is 24.5 Å². The Hall–Kier alpha value is -4.27. The number of amides is 1. The Kier molecular flexibility index (Phi) is 5.08. The molecule has 0 aliphatic rings. The molecule has 4 aromatic rings. The molecule has 1 N–H and O–H groups in total. The van der Waals surface area contributed by atoms with E-state index < -0.39 is 10.8 Å². The van der Waals surface area contributed by atoms with Crippen molar-refractivity contribution in [1.29, 1.82) is 0 Å². The summed E-state index contributed by atoms with van der Waals surface area (Å²) >= 11 is 0. The molecule has 2 aromatic heterocycles. The molecule has 4 rings (SSSR count). The fourth-order valence-electron chi connectivity index (χ4n) is 3.24. The molecule has 0 saturated heterocycles. The second kappa shape index (κ2) is 7.86. The van der Waals surface area contributed by atoms with E-state index >= 15 is 0 Å². The summed E-state index contributed by atoms with van der Waals surface area (Å²) in [6, 6.07) is 9.74. The van der Waals surface area contributed by atoms with Gasteiger partial charge < -0.3 is 10.1 Å². The lowest BCUT2D eigenvalue weighted by Crippen LogP contribution is -2.12. The van der Waals surface area contributed by atoms with Crippen LogP contribution in [0.15, 0.2) is 55.0 Å². The van der Waals surface area contributed by atoms with Gasteiger partial charge in [0, 0.05) is 24.5 Å². The van der Waals surface area contributed by atoms with Crippen LogP contribution in [0.25, 0.3) is 5.65 Å². The molecule has 0 fully saturated rings. The molecule has 0 bridgehead atoms. The van der Waals surface area contributed by atoms with Crippen LogP contribution in [0.1, 0.15) is 27.0 Å². The van der Waals surface area contributed by atoms with Gasteiger partial charge in [-0.15, -0.1) is 0 Å². The summed E-state index contributed by atoms with van der Waals surface area (Å²) in [5, 5.41) is 18.2. The smallest absolute Gasteiger partial charge is 0.275 e. The first-order valence-electron chi connectivity index (χ1n) is 9.47. The number of carbonyl (C=O) groups is 1. The normalized spacial score (nSPS) is 10.8. The number of hydrogen-bond acceptors (Lipinski definition) is 6. The van der Waals surface area contributed by atoms with Crippen LogP contribution >= 0.6 is 0 Å². The van der Waals surface area contributed by atoms with Crippen molar-refractivity contribution in [2.75, 3.05) is 5.32 Å². The number of anilines is 1. The van der Waals surface area contributed by atoms with Gasteiger partial charge in [0.1, 0.15) is 17.1 Å². The molecule has 0 atom stereocenters. The Balaban J connectivity index is 1.68. The molecule has 31 heavy (non-hydrogen) atoms. The average molecular weight is 417 g/mol. The highest BCUT2D eigenvalue weighted by molar-refractivity contribution is 6.08. The van der Waals surface area contributed by atoms with Gasteiger partial charge in [-0.05, 0) is 49.6 Å². The van der Waals surface area contributed by atoms with E-state index in [0.29, 0.717) is 11.4 Å². The number of ether oxygens (including phenoxy) is 1. The summed E-state index contributed by atoms with van der Waals surface area (Å²) in [5.41, 5.74) is 3.65. The molecule has 2 heterocycles. The predicted octanol–water partition coefficient (Wildman–Crippen LogP) is 4.61. The molecule has 0 aliphatic heterocycles. The van der Waals surface area contributed by atoms with Gasteiger partial charge in [0.2, 0.25) is 0 Å². The van der Waals surface area contributed by atoms with Gasteiger partial charge in [-0.2, -0.15) is 5.10 Å². The van der Waals surface area contributed by atoms with E-state index in [2.05, 4.69) is 15.4 Å². The van der Waals surface area contributed by atoms with Crippen molar-refractivity contribution in [2.45, 2.75) is 20.8 Å². The highest BCUT2D eigenvalue weighted by Crippen LogP contribution is 2.33. The van der Waals surface area contributed by atoms with Gasteiger partial charge in [-0.25, -0.2) is 9.50 Å². The minimum Gasteiger partial charge on any atom is -0.457 e. The zero-order valence-corrected chi connectivity index (χ0v) is 17.1. The standard InChI is InChI=1S/C22H19N5O4/c1-13-7-14(2)15(3)20(8-13)31-18-10-16(9-17(11-18)27(29)30)25-22(28)19-12-24-26-6-4-5-23-21(19)26/h4-12H,1-3H3,(H,25,28). The number of benzene rings is 2. The van der Waals surface area contributed by atoms with E-state index in [9.17, 15) is 14.9 Å². The quantitative estimate of drug-likeness (QED) is 0.375. The molecular weight excluding hydrogens is 398 g/mol. The summed E-state index contributed by atoms with van der Waals surface area (Å²) in [5.74, 6) is 0.362. The second-order valence-electron chi connectivity index (χ2n) is 7.18. The summed E-state index contributed by atoms with van der Waals surface area (Å²) in [7, 11) is 0. The van der Waals surface area contributed by atoms with Crippen LogP contribution < -0.4 is 10.1 Å². The van der Waals surface area contributed by atoms with Gasteiger partial charge >= 0.3 is 0 Å². The van der Waals surface area contributed by atoms with Crippen LogP contribution in [-0.4, -0.2) is 25.4 Å². The van der Waals surface area contributed by atoms with Crippen molar-refractivity contribution in [3.05, 3.63) is 87.4 Å². The summed E-state index contributed by atoms with van der Waals surface area (Å²) in [6.45, 7) is 5.84. The molecule has 1 amide bonds. The summed E-state index contributed by atoms with van der Waals surface area (Å²) in [6.07, 6.45) is 4.62. The first-order valence-corrected chi connectivity index (χ1v) is 9.47. The number of non-ortho nitro benzene ring substituents is 1. The van der Waals surface area contributed by atoms with E-state index in [0.717, 1.165) is 16.7 Å². The zero-order valence-electron chi connectivity index (χ0n) is 17.1. The van der Waals surface area contributed by atoms with Crippen LogP contribution in [0.4, 0.5) is 11.4 Å². The van der Waals surface area contributed by atoms with Gasteiger partial charge in [-0.1, -0.05) is 6.07 Å². The topological polar surface area (TPSA) is 112 Å². The molecule has 9 heteroatoms. The second-order valence-corrected chi connectivity index (χ2v) is 7.18. The Morgan fingerprint density at radius 1 is 1.16 bits per heavy atom. The molecule has 0 aliphatic carbocycles. The molecule has 0 spiro atoms. The van der Waals surface area contributed by atoms with Gasteiger partial charge in [0.25, 0.3) is 11.6 Å². The number of nitro groups is 1. The SMILES string of the molecule is Cc1cc(C)c(C)c(Oc2cc(NC(=O)c3cnn4cccnc34)cc([N+](=O)[O-])c2)c1. The Morgan fingerprint density at radius 2 is 1.97 bits per heavy atom. The molecule has 0 radical (unpaired) electrons. The maximum absolute atomic E-state index is 12.8. The van der Waals surface area contributed by atoms with Crippen molar-refractivity contribution in [3.63, 3.8) is 0 Å². The largest absolute Gasteiger partial charge is 0.457 e. The number of aromatic nitrogens is 3. The van der Waals surface area contributed by atoms with Crippen molar-refractivity contribution in [3.8, 4) is 11.5 Å². The molecule has 9 nitrogen and oxygen atoms in total. The molecular formula is C22H19N5O4. The Labute approximate surface area is 177 Å². The van der Waals surface area contributed by atoms with E-state index in [4.69, 9.17) is 4.74 Å². The fourth-order valence-corrected chi connectivity index (χ4v) is 3.24. The van der Waals surface area contributed by atoms with Crippen molar-refractivity contribution < 1.29 is 14.5 Å². The summed E-state index contributed by atoms with van der Waals surface area (Å²) in [4.78, 5) is 27.8. The average Bonchev–Trinajstić information content (AvgIpc) is 3.16. The van der Waals surface area contributed by atoms with Crippen molar-refractivity contribution in [1.82, 2.24) is 14.6 Å². The molecule has 0 saturated carbocycles. The van der Waals surface area contributed by atoms with Crippen LogP contribution in [0.5, 0.6) is 11.5 Å². The van der Waals surface area contributed by atoms with Crippen LogP contribution in [0.3, 0.4) is 0 Å². The lowest BCUT2D eigenvalue weighted by Gasteiger charge is -2.13. The van der Waals surface area contributed by atoms with Gasteiger partial charge in [-0.3, -0.25) is 14.9 Å². The predicted molar refractivity (Wildman–Crippen MR) is 115 cm³/mol. The fraction of sp³-hybridized carbons (Fsp3) is 0.136. The number of nitrogens with one attached hydrogen (secondary N) is 1. The minimum absolute atomic E-state index is 0.201. The monoisotopic (exact) mass is 417 g/mol. The number of nitrogens with zero attached hydrogens (tertiary/aromatic N) is 4. The van der Waals surface area contributed by atoms with E-state index in [-0.39, 0.29) is 22.7 Å². The zero-order chi connectivity index (χ0) is 22.1. The number of hydrogen-bond donors (Lipinski definition) is 1. The van der Waals surface area contributed by atoms with Crippen LogP contribution in [-0.2, 0) is 0 Å². The lowest BCUT2D eigenvalue weighted by atomic mass is 10.1. The first-order chi connectivity index (χ1) is 14.8. The maximum atomic E-state index is 12.8. The molecule has 156 valence electrons. The van der Waals surface area contributed by atoms with Crippen molar-refractivity contribution in [2.24, 2.45) is 0 Å². The van der Waals surface area contributed by atoms with E-state index in [1.165, 1.54) is 22.8 Å². The van der Waals surface area contributed by atoms with Gasteiger partial charge in [0.05, 0.1) is 22.9 Å². The van der Waals surface area contributed by atoms with Crippen molar-refractivity contribution >= 4 is 22.9 Å². The lowest BCUT2D eigenvalue weighted by molar-refractivity contribution is -0.384. The maximum Gasteiger partial charge on any atom is 0.275 e. The summed E-state index contributed by atoms with van der Waals surface area (Å²) < 4.78 is 7.43. The number of fused-ring (bicyclic) bond motifs is 1. The number of carbonyl (C=O) groups excluding carboxylic acids is 1. The third-order valence-electron chi connectivity index (χ3n) is 4.88. The van der Waals surface area contributed by atoms with Gasteiger partial charge in [0.15, 0.2) is 5.65 Å². The van der Waals surface area contributed by atoms with Crippen LogP contribution in [0.2, 0.25) is 0 Å². The number of rotatable bonds is 5. The third kappa shape index (κ3) is 4.06. The highest BCUT2D eigenvalue weighted by atomic mass is 16.6. The van der Waals surface area contributed by atoms with Crippen LogP contribution in [0, 0.1) is 30.9 Å². The Bertz CT molecular complexity index is 1330. The molecule has 0 unspecified atom stereocenters. The third-order valence-corrected chi connectivity index (χ3v) is 4.88. The Morgan fingerprint density at radius 3 is 2.74 bits per heavy atom. The highest BCUT2D eigenvalue weighted by Gasteiger charge is 2.17.